The van der Waals surface area contributed by atoms with Crippen LogP contribution in [0.4, 0.5) is 0 Å². The summed E-state index contributed by atoms with van der Waals surface area (Å²) >= 11 is 0. The molecule has 0 unspecified atom stereocenters. The first kappa shape index (κ1) is 23.5. The van der Waals surface area contributed by atoms with Crippen molar-refractivity contribution in [1.29, 1.82) is 0 Å². The summed E-state index contributed by atoms with van der Waals surface area (Å²) in [6, 6.07) is 22.6. The first-order valence-corrected chi connectivity index (χ1v) is 12.1. The van der Waals surface area contributed by atoms with Crippen LogP contribution in [0.15, 0.2) is 83.4 Å². The van der Waals surface area contributed by atoms with Crippen LogP contribution < -0.4 is 4.74 Å². The third-order valence-corrected chi connectivity index (χ3v) is 6.76. The minimum absolute atomic E-state index is 0.0731. The van der Waals surface area contributed by atoms with Crippen molar-refractivity contribution in [2.45, 2.75) is 19.8 Å². The highest BCUT2D eigenvalue weighted by Crippen LogP contribution is 2.30. The molecule has 6 heteroatoms. The predicted octanol–water partition coefficient (Wildman–Crippen LogP) is 6.06. The number of nitrogens with zero attached hydrogens (tertiary/aromatic N) is 2. The molecule has 0 radical (unpaired) electrons. The lowest BCUT2D eigenvalue weighted by atomic mass is 9.88. The second kappa shape index (κ2) is 10.2. The lowest BCUT2D eigenvalue weighted by Gasteiger charge is -2.31. The molecular weight excluding hydrogens is 452 g/mol. The normalized spacial score (nSPS) is 14.0. The van der Waals surface area contributed by atoms with Gasteiger partial charge in [0.25, 0.3) is 5.91 Å². The number of piperidine rings is 1. The monoisotopic (exact) mass is 480 g/mol. The average molecular weight is 481 g/mol. The van der Waals surface area contributed by atoms with E-state index < -0.39 is 0 Å². The van der Waals surface area contributed by atoms with E-state index in [0.29, 0.717) is 54.3 Å². The molecule has 0 saturated carbocycles. The van der Waals surface area contributed by atoms with E-state index in [0.717, 1.165) is 11.3 Å². The highest BCUT2D eigenvalue weighted by Gasteiger charge is 2.30. The lowest BCUT2D eigenvalue weighted by Crippen LogP contribution is -2.40. The third-order valence-electron chi connectivity index (χ3n) is 6.76. The fourth-order valence-corrected chi connectivity index (χ4v) is 4.61. The molecule has 1 saturated heterocycles. The molecule has 36 heavy (non-hydrogen) atoms. The molecule has 1 aliphatic rings. The number of likely N-dealkylation sites (tertiary alicyclic amines) is 1. The van der Waals surface area contributed by atoms with E-state index in [1.165, 1.54) is 5.56 Å². The number of carbonyl (C=O) groups excluding carboxylic acids is 2. The molecule has 2 heterocycles. The Kier molecular flexibility index (Phi) is 6.67. The molecule has 182 valence electrons. The summed E-state index contributed by atoms with van der Waals surface area (Å²) in [5, 5.41) is 0. The Bertz CT molecular complexity index is 1360. The van der Waals surface area contributed by atoms with Crippen LogP contribution in [0.1, 0.15) is 39.1 Å². The smallest absolute Gasteiger partial charge is 0.254 e. The fourth-order valence-electron chi connectivity index (χ4n) is 4.61. The summed E-state index contributed by atoms with van der Waals surface area (Å²) in [6.45, 7) is 3.09. The summed E-state index contributed by atoms with van der Waals surface area (Å²) < 4.78 is 11.2. The van der Waals surface area contributed by atoms with Crippen LogP contribution in [0.25, 0.3) is 22.8 Å². The zero-order valence-electron chi connectivity index (χ0n) is 20.4. The number of rotatable bonds is 6. The van der Waals surface area contributed by atoms with Crippen molar-refractivity contribution in [2.75, 3.05) is 20.2 Å². The third kappa shape index (κ3) is 4.80. The highest BCUT2D eigenvalue weighted by atomic mass is 16.5. The Balaban J connectivity index is 1.29. The van der Waals surface area contributed by atoms with E-state index >= 15 is 0 Å². The maximum Gasteiger partial charge on any atom is 0.254 e. The molecule has 1 amide bonds. The number of hydrogen-bond donors (Lipinski definition) is 0. The van der Waals surface area contributed by atoms with Crippen molar-refractivity contribution in [1.82, 2.24) is 9.88 Å². The summed E-state index contributed by atoms with van der Waals surface area (Å²) in [5.41, 5.74) is 4.00. The van der Waals surface area contributed by atoms with Crippen molar-refractivity contribution in [2.24, 2.45) is 5.92 Å². The van der Waals surface area contributed by atoms with Crippen LogP contribution in [0, 0.1) is 12.8 Å². The Hall–Kier alpha value is -4.19. The van der Waals surface area contributed by atoms with Gasteiger partial charge in [0.15, 0.2) is 11.5 Å². The molecular formula is C30H28N2O4. The van der Waals surface area contributed by atoms with Crippen LogP contribution in [-0.4, -0.2) is 41.8 Å². The van der Waals surface area contributed by atoms with E-state index in [1.54, 1.807) is 37.6 Å². The first-order chi connectivity index (χ1) is 17.5. The van der Waals surface area contributed by atoms with Crippen molar-refractivity contribution in [3.63, 3.8) is 0 Å². The van der Waals surface area contributed by atoms with Crippen LogP contribution >= 0.6 is 0 Å². The second-order valence-electron chi connectivity index (χ2n) is 9.10. The van der Waals surface area contributed by atoms with Gasteiger partial charge in [0.2, 0.25) is 5.89 Å². The number of benzene rings is 3. The van der Waals surface area contributed by atoms with Gasteiger partial charge in [-0.3, -0.25) is 9.59 Å². The van der Waals surface area contributed by atoms with Crippen molar-refractivity contribution >= 4 is 11.7 Å². The van der Waals surface area contributed by atoms with Crippen LogP contribution in [-0.2, 0) is 0 Å². The molecule has 4 aromatic rings. The molecule has 0 atom stereocenters. The van der Waals surface area contributed by atoms with E-state index in [4.69, 9.17) is 9.15 Å². The summed E-state index contributed by atoms with van der Waals surface area (Å²) in [4.78, 5) is 32.7. The lowest BCUT2D eigenvalue weighted by molar-refractivity contribution is 0.0651. The summed E-state index contributed by atoms with van der Waals surface area (Å²) in [7, 11) is 1.60. The molecule has 1 aliphatic heterocycles. The number of amides is 1. The predicted molar refractivity (Wildman–Crippen MR) is 138 cm³/mol. The largest absolute Gasteiger partial charge is 0.497 e. The van der Waals surface area contributed by atoms with Crippen LogP contribution in [0.5, 0.6) is 5.75 Å². The van der Waals surface area contributed by atoms with Gasteiger partial charge in [0, 0.05) is 35.7 Å². The zero-order chi connectivity index (χ0) is 25.1. The molecule has 5 rings (SSSR count). The number of ketones is 1. The number of carbonyl (C=O) groups is 2. The maximum absolute atomic E-state index is 13.5. The first-order valence-electron chi connectivity index (χ1n) is 12.1. The van der Waals surface area contributed by atoms with Gasteiger partial charge >= 0.3 is 0 Å². The van der Waals surface area contributed by atoms with Gasteiger partial charge in [-0.15, -0.1) is 0 Å². The number of ether oxygens (including phenoxy) is 1. The van der Waals surface area contributed by atoms with Gasteiger partial charge < -0.3 is 14.1 Å². The van der Waals surface area contributed by atoms with Crippen molar-refractivity contribution in [3.8, 4) is 28.5 Å². The van der Waals surface area contributed by atoms with Gasteiger partial charge in [-0.1, -0.05) is 42.0 Å². The number of methoxy groups -OCH3 is 1. The standard InChI is InChI=1S/C30H28N2O4/c1-20-7-9-21(10-8-20)27-19-31-29(36-27)25-5-3-4-6-26(25)30(34)32-17-15-23(16-18-32)28(33)22-11-13-24(35-2)14-12-22/h3-14,19,23H,15-18H2,1-2H3. The molecule has 3 aromatic carbocycles. The van der Waals surface area contributed by atoms with E-state index in [9.17, 15) is 9.59 Å². The summed E-state index contributed by atoms with van der Waals surface area (Å²) in [5.74, 6) is 1.75. The molecule has 0 spiro atoms. The van der Waals surface area contributed by atoms with Gasteiger partial charge in [-0.25, -0.2) is 4.98 Å². The quantitative estimate of drug-likeness (QED) is 0.314. The van der Waals surface area contributed by atoms with E-state index in [1.807, 2.05) is 60.4 Å². The van der Waals surface area contributed by atoms with Crippen LogP contribution in [0.2, 0.25) is 0 Å². The summed E-state index contributed by atoms with van der Waals surface area (Å²) in [6.07, 6.45) is 2.96. The number of hydrogen-bond acceptors (Lipinski definition) is 5. The van der Waals surface area contributed by atoms with Crippen LogP contribution in [0.3, 0.4) is 0 Å². The SMILES string of the molecule is COc1ccc(C(=O)C2CCN(C(=O)c3ccccc3-c3ncc(-c4ccc(C)cc4)o3)CC2)cc1. The minimum Gasteiger partial charge on any atom is -0.497 e. The molecule has 1 fully saturated rings. The Morgan fingerprint density at radius 3 is 2.33 bits per heavy atom. The van der Waals surface area contributed by atoms with Crippen molar-refractivity contribution in [3.05, 3.63) is 95.7 Å². The van der Waals surface area contributed by atoms with Crippen molar-refractivity contribution < 1.29 is 18.7 Å². The Labute approximate surface area is 210 Å². The van der Waals surface area contributed by atoms with E-state index in [2.05, 4.69) is 4.98 Å². The number of aryl methyl sites for hydroxylation is 1. The molecule has 6 nitrogen and oxygen atoms in total. The average Bonchev–Trinajstić information content (AvgIpc) is 3.43. The minimum atomic E-state index is -0.0958. The number of oxazole rings is 1. The number of Topliss-reactive ketones (excluding diaryl/α,β-unsaturated/α-hetero) is 1. The zero-order valence-corrected chi connectivity index (χ0v) is 20.4. The van der Waals surface area contributed by atoms with Gasteiger partial charge in [0.05, 0.1) is 18.9 Å². The van der Waals surface area contributed by atoms with E-state index in [-0.39, 0.29) is 17.6 Å². The maximum atomic E-state index is 13.5. The highest BCUT2D eigenvalue weighted by molar-refractivity contribution is 6.01. The molecule has 1 aromatic heterocycles. The topological polar surface area (TPSA) is 72.6 Å². The van der Waals surface area contributed by atoms with Gasteiger partial charge in [-0.05, 0) is 56.2 Å². The number of aromatic nitrogens is 1. The Morgan fingerprint density at radius 2 is 1.64 bits per heavy atom. The fraction of sp³-hybridized carbons (Fsp3) is 0.233. The molecule has 0 aliphatic carbocycles. The van der Waals surface area contributed by atoms with Gasteiger partial charge in [-0.2, -0.15) is 0 Å². The molecule has 0 N–H and O–H groups in total. The second-order valence-corrected chi connectivity index (χ2v) is 9.10. The van der Waals surface area contributed by atoms with Gasteiger partial charge in [0.1, 0.15) is 5.75 Å². The Morgan fingerprint density at radius 1 is 0.944 bits per heavy atom. The molecule has 0 bridgehead atoms.